The van der Waals surface area contributed by atoms with Crippen molar-refractivity contribution >= 4 is 16.9 Å². The number of anilines is 1. The lowest BCUT2D eigenvalue weighted by molar-refractivity contribution is -0.136. The Kier molecular flexibility index (Phi) is 5.54. The van der Waals surface area contributed by atoms with Gasteiger partial charge in [-0.3, -0.25) is 0 Å². The van der Waals surface area contributed by atoms with Crippen molar-refractivity contribution in [1.82, 2.24) is 30.9 Å². The molecule has 0 unspecified atom stereocenters. The van der Waals surface area contributed by atoms with Crippen LogP contribution in [0.25, 0.3) is 22.3 Å². The molecule has 0 amide bonds. The molecule has 3 aromatic rings. The van der Waals surface area contributed by atoms with Crippen LogP contribution < -0.4 is 11.1 Å². The standard InChI is InChI=1S/C12H9F3N6.C5H11N/c1-5-4-8(17-20-11(5)16)6-2-3-7(12(13,14)15)10-9(6)18-21-19-10;1-2-4-6-5-3-1/h2-4H,1H3,(H2,16,20)(H,18,19,21);6H,1-5H2. The Morgan fingerprint density at radius 1 is 1.00 bits per heavy atom. The molecule has 10 heteroatoms. The number of aromatic amines is 1. The molecule has 27 heavy (non-hydrogen) atoms. The second-order valence-electron chi connectivity index (χ2n) is 6.29. The van der Waals surface area contributed by atoms with Gasteiger partial charge in [0.15, 0.2) is 0 Å². The maximum Gasteiger partial charge on any atom is 0.418 e. The van der Waals surface area contributed by atoms with Crippen molar-refractivity contribution in [2.24, 2.45) is 0 Å². The topological polar surface area (TPSA) is 105 Å². The average molecular weight is 379 g/mol. The van der Waals surface area contributed by atoms with Crippen LogP contribution in [-0.2, 0) is 6.18 Å². The number of hydrogen-bond donors (Lipinski definition) is 3. The predicted molar refractivity (Wildman–Crippen MR) is 95.8 cm³/mol. The van der Waals surface area contributed by atoms with Crippen molar-refractivity contribution in [2.45, 2.75) is 32.4 Å². The largest absolute Gasteiger partial charge is 0.418 e. The summed E-state index contributed by atoms with van der Waals surface area (Å²) in [6.45, 7) is 4.23. The first-order valence-electron chi connectivity index (χ1n) is 8.59. The number of hydrogen-bond acceptors (Lipinski definition) is 6. The summed E-state index contributed by atoms with van der Waals surface area (Å²) in [5.74, 6) is 0.266. The van der Waals surface area contributed by atoms with Crippen molar-refractivity contribution in [3.63, 3.8) is 0 Å². The normalized spacial score (nSPS) is 14.7. The zero-order valence-electron chi connectivity index (χ0n) is 14.8. The van der Waals surface area contributed by atoms with Crippen LogP contribution >= 0.6 is 0 Å². The molecule has 1 saturated heterocycles. The first-order chi connectivity index (χ1) is 12.9. The molecule has 4 N–H and O–H groups in total. The summed E-state index contributed by atoms with van der Waals surface area (Å²) in [5.41, 5.74) is 6.03. The fourth-order valence-electron chi connectivity index (χ4n) is 2.79. The van der Waals surface area contributed by atoms with Gasteiger partial charge in [-0.25, -0.2) is 0 Å². The highest BCUT2D eigenvalue weighted by Gasteiger charge is 2.34. The van der Waals surface area contributed by atoms with Crippen molar-refractivity contribution in [3.05, 3.63) is 29.3 Å². The van der Waals surface area contributed by atoms with Crippen LogP contribution in [-0.4, -0.2) is 38.7 Å². The molecule has 0 atom stereocenters. The van der Waals surface area contributed by atoms with Gasteiger partial charge >= 0.3 is 6.18 Å². The highest BCUT2D eigenvalue weighted by Crippen LogP contribution is 2.36. The number of H-pyrrole nitrogens is 1. The molecule has 0 bridgehead atoms. The van der Waals surface area contributed by atoms with E-state index in [1.165, 1.54) is 38.4 Å². The van der Waals surface area contributed by atoms with Gasteiger partial charge in [0.05, 0.1) is 11.3 Å². The van der Waals surface area contributed by atoms with E-state index >= 15 is 0 Å². The molecule has 1 aromatic carbocycles. The molecule has 0 saturated carbocycles. The summed E-state index contributed by atoms with van der Waals surface area (Å²) < 4.78 is 38.8. The van der Waals surface area contributed by atoms with Crippen LogP contribution in [0.3, 0.4) is 0 Å². The summed E-state index contributed by atoms with van der Waals surface area (Å²) in [4.78, 5) is 0. The summed E-state index contributed by atoms with van der Waals surface area (Å²) in [6.07, 6.45) is -0.288. The highest BCUT2D eigenvalue weighted by atomic mass is 19.4. The number of fused-ring (bicyclic) bond motifs is 1. The van der Waals surface area contributed by atoms with E-state index in [2.05, 4.69) is 30.9 Å². The minimum Gasteiger partial charge on any atom is -0.382 e. The molecule has 1 aliphatic heterocycles. The summed E-state index contributed by atoms with van der Waals surface area (Å²) >= 11 is 0. The van der Waals surface area contributed by atoms with Gasteiger partial charge in [-0.1, -0.05) is 6.42 Å². The number of rotatable bonds is 1. The molecule has 1 aliphatic rings. The van der Waals surface area contributed by atoms with Crippen molar-refractivity contribution in [2.75, 3.05) is 18.8 Å². The molecular formula is C17H20F3N7. The predicted octanol–water partition coefficient (Wildman–Crippen LogP) is 3.08. The average Bonchev–Trinajstić information content (AvgIpc) is 3.14. The van der Waals surface area contributed by atoms with Crippen molar-refractivity contribution in [1.29, 1.82) is 0 Å². The first kappa shape index (κ1) is 19.0. The molecule has 1 fully saturated rings. The fraction of sp³-hybridized carbons (Fsp3) is 0.412. The van der Waals surface area contributed by atoms with Crippen LogP contribution in [0.2, 0.25) is 0 Å². The first-order valence-corrected chi connectivity index (χ1v) is 8.59. The Labute approximate surface area is 153 Å². The third-order valence-electron chi connectivity index (χ3n) is 4.29. The number of aryl methyl sites for hydroxylation is 1. The zero-order chi connectivity index (χ0) is 19.4. The fourth-order valence-corrected chi connectivity index (χ4v) is 2.79. The Bertz CT molecular complexity index is 905. The molecule has 0 radical (unpaired) electrons. The SMILES string of the molecule is C1CCNCC1.Cc1cc(-c2ccc(C(F)(F)F)c3n[nH]nc23)nnc1N. The lowest BCUT2D eigenvalue weighted by Gasteiger charge is -2.09. The number of nitrogens with two attached hydrogens (primary N) is 1. The zero-order valence-corrected chi connectivity index (χ0v) is 14.8. The maximum absolute atomic E-state index is 12.9. The highest BCUT2D eigenvalue weighted by molar-refractivity contribution is 5.92. The number of aromatic nitrogens is 5. The number of piperidine rings is 1. The number of nitrogen functional groups attached to an aromatic ring is 1. The van der Waals surface area contributed by atoms with E-state index in [9.17, 15) is 13.2 Å². The Morgan fingerprint density at radius 3 is 2.26 bits per heavy atom. The number of halogens is 3. The van der Waals surface area contributed by atoms with Crippen LogP contribution in [0.5, 0.6) is 0 Å². The second-order valence-corrected chi connectivity index (χ2v) is 6.29. The Morgan fingerprint density at radius 2 is 1.70 bits per heavy atom. The summed E-state index contributed by atoms with van der Waals surface area (Å²) in [6, 6.07) is 3.89. The van der Waals surface area contributed by atoms with E-state index in [-0.39, 0.29) is 16.9 Å². The van der Waals surface area contributed by atoms with E-state index in [4.69, 9.17) is 5.73 Å². The molecule has 0 aliphatic carbocycles. The number of nitrogens with zero attached hydrogens (tertiary/aromatic N) is 4. The van der Waals surface area contributed by atoms with Gasteiger partial charge in [-0.15, -0.1) is 10.2 Å². The van der Waals surface area contributed by atoms with Crippen LogP contribution in [0, 0.1) is 6.92 Å². The Balaban J connectivity index is 0.000000299. The molecule has 0 spiro atoms. The Hall–Kier alpha value is -2.75. The van der Waals surface area contributed by atoms with E-state index in [1.54, 1.807) is 13.0 Å². The molecule has 3 heterocycles. The molecule has 7 nitrogen and oxygen atoms in total. The number of alkyl halides is 3. The number of nitrogens with one attached hydrogen (secondary N) is 2. The van der Waals surface area contributed by atoms with Gasteiger partial charge in [0.2, 0.25) is 0 Å². The van der Waals surface area contributed by atoms with Crippen molar-refractivity contribution in [3.8, 4) is 11.3 Å². The molecule has 144 valence electrons. The van der Waals surface area contributed by atoms with Crippen LogP contribution in [0.4, 0.5) is 19.0 Å². The van der Waals surface area contributed by atoms with E-state index in [1.807, 2.05) is 0 Å². The van der Waals surface area contributed by atoms with Crippen LogP contribution in [0.1, 0.15) is 30.4 Å². The van der Waals surface area contributed by atoms with E-state index < -0.39 is 11.7 Å². The molecular weight excluding hydrogens is 359 g/mol. The molecule has 2 aromatic heterocycles. The quantitative estimate of drug-likeness (QED) is 0.600. The van der Waals surface area contributed by atoms with Gasteiger partial charge in [-0.2, -0.15) is 28.6 Å². The lowest BCUT2D eigenvalue weighted by atomic mass is 10.0. The van der Waals surface area contributed by atoms with E-state index in [0.717, 1.165) is 6.07 Å². The van der Waals surface area contributed by atoms with Gasteiger partial charge in [-0.05, 0) is 56.6 Å². The number of benzene rings is 1. The minimum absolute atomic E-state index is 0.0864. The third-order valence-corrected chi connectivity index (χ3v) is 4.29. The summed E-state index contributed by atoms with van der Waals surface area (Å²) in [5, 5.41) is 20.5. The van der Waals surface area contributed by atoms with Gasteiger partial charge in [0.1, 0.15) is 16.9 Å². The third kappa shape index (κ3) is 4.33. The lowest BCUT2D eigenvalue weighted by Crippen LogP contribution is -2.21. The molecule has 4 rings (SSSR count). The maximum atomic E-state index is 12.9. The monoisotopic (exact) mass is 379 g/mol. The van der Waals surface area contributed by atoms with Gasteiger partial charge in [0.25, 0.3) is 0 Å². The van der Waals surface area contributed by atoms with E-state index in [0.29, 0.717) is 16.8 Å². The summed E-state index contributed by atoms with van der Waals surface area (Å²) in [7, 11) is 0. The van der Waals surface area contributed by atoms with Gasteiger partial charge < -0.3 is 11.1 Å². The minimum atomic E-state index is -4.50. The smallest absolute Gasteiger partial charge is 0.382 e. The van der Waals surface area contributed by atoms with Crippen LogP contribution in [0.15, 0.2) is 18.2 Å². The van der Waals surface area contributed by atoms with Gasteiger partial charge in [0, 0.05) is 5.56 Å². The second kappa shape index (κ2) is 7.87. The van der Waals surface area contributed by atoms with Crippen molar-refractivity contribution < 1.29 is 13.2 Å².